The molecule has 0 saturated carbocycles. The van der Waals surface area contributed by atoms with Gasteiger partial charge in [-0.05, 0) is 18.6 Å². The minimum Gasteiger partial charge on any atom is -0.477 e. The maximum Gasteiger partial charge on any atom is 0.354 e. The van der Waals surface area contributed by atoms with Crippen molar-refractivity contribution in [2.24, 2.45) is 5.92 Å². The normalized spacial score (nSPS) is 17.9. The zero-order chi connectivity index (χ0) is 15.4. The number of likely N-dealkylation sites (tertiary alicyclic amines) is 1. The molecular weight excluding hydrogens is 274 g/mol. The number of amides is 2. The van der Waals surface area contributed by atoms with Crippen molar-refractivity contribution in [2.75, 3.05) is 13.1 Å². The van der Waals surface area contributed by atoms with Crippen LogP contribution in [0.1, 0.15) is 29.4 Å². The lowest BCUT2D eigenvalue weighted by Gasteiger charge is -2.13. The summed E-state index contributed by atoms with van der Waals surface area (Å²) in [5.41, 5.74) is 0.676. The Morgan fingerprint density at radius 1 is 1.48 bits per heavy atom. The zero-order valence-electron chi connectivity index (χ0n) is 11.7. The van der Waals surface area contributed by atoms with Crippen LogP contribution >= 0.6 is 0 Å². The lowest BCUT2D eigenvalue weighted by Crippen LogP contribution is -2.32. The first-order valence-corrected chi connectivity index (χ1v) is 6.75. The Kier molecular flexibility index (Phi) is 4.52. The summed E-state index contributed by atoms with van der Waals surface area (Å²) in [6, 6.07) is 3.00. The van der Waals surface area contributed by atoms with E-state index in [0.717, 1.165) is 0 Å². The minimum atomic E-state index is -1.09. The molecule has 2 amide bonds. The Labute approximate surface area is 122 Å². The molecule has 0 radical (unpaired) electrons. The highest BCUT2D eigenvalue weighted by Crippen LogP contribution is 2.17. The van der Waals surface area contributed by atoms with Crippen LogP contribution in [0.4, 0.5) is 0 Å². The van der Waals surface area contributed by atoms with Gasteiger partial charge in [0, 0.05) is 32.3 Å². The molecule has 2 rings (SSSR count). The number of nitrogens with one attached hydrogen (secondary N) is 1. The number of hydrogen-bond donors (Lipinski definition) is 2. The minimum absolute atomic E-state index is 0.00475. The zero-order valence-corrected chi connectivity index (χ0v) is 11.7. The summed E-state index contributed by atoms with van der Waals surface area (Å²) in [7, 11) is 0. The van der Waals surface area contributed by atoms with E-state index in [9.17, 15) is 14.4 Å². The Morgan fingerprint density at radius 2 is 2.24 bits per heavy atom. The van der Waals surface area contributed by atoms with Gasteiger partial charge < -0.3 is 15.3 Å². The SMILES string of the molecule is CCN1CC(C(=O)NCc2ccc(C(=O)O)nc2)CC1=O. The van der Waals surface area contributed by atoms with Gasteiger partial charge in [-0.2, -0.15) is 0 Å². The van der Waals surface area contributed by atoms with Gasteiger partial charge in [0.2, 0.25) is 11.8 Å². The van der Waals surface area contributed by atoms with Crippen molar-refractivity contribution >= 4 is 17.8 Å². The van der Waals surface area contributed by atoms with Gasteiger partial charge in [-0.15, -0.1) is 0 Å². The topological polar surface area (TPSA) is 99.6 Å². The lowest BCUT2D eigenvalue weighted by molar-refractivity contribution is -0.128. The van der Waals surface area contributed by atoms with Gasteiger partial charge in [0.15, 0.2) is 0 Å². The van der Waals surface area contributed by atoms with Gasteiger partial charge in [-0.1, -0.05) is 6.07 Å². The van der Waals surface area contributed by atoms with Crippen LogP contribution in [0, 0.1) is 5.92 Å². The summed E-state index contributed by atoms with van der Waals surface area (Å²) in [5, 5.41) is 11.5. The summed E-state index contributed by atoms with van der Waals surface area (Å²) in [6.45, 7) is 3.22. The van der Waals surface area contributed by atoms with E-state index in [2.05, 4.69) is 10.3 Å². The van der Waals surface area contributed by atoms with E-state index in [0.29, 0.717) is 18.7 Å². The van der Waals surface area contributed by atoms with Crippen molar-refractivity contribution in [1.82, 2.24) is 15.2 Å². The van der Waals surface area contributed by atoms with Crippen LogP contribution in [0.5, 0.6) is 0 Å². The second-order valence-electron chi connectivity index (χ2n) is 4.91. The first-order chi connectivity index (χ1) is 10.0. The number of aromatic carboxylic acids is 1. The highest BCUT2D eigenvalue weighted by atomic mass is 16.4. The second kappa shape index (κ2) is 6.34. The number of pyridine rings is 1. The molecule has 112 valence electrons. The molecule has 1 fully saturated rings. The standard InChI is InChI=1S/C14H17N3O4/c1-2-17-8-10(5-12(17)18)13(19)16-7-9-3-4-11(14(20)21)15-6-9/h3-4,6,10H,2,5,7-8H2,1H3,(H,16,19)(H,20,21). The second-order valence-corrected chi connectivity index (χ2v) is 4.91. The average Bonchev–Trinajstić information content (AvgIpc) is 2.86. The molecular formula is C14H17N3O4. The molecule has 7 nitrogen and oxygen atoms in total. The third kappa shape index (κ3) is 3.56. The van der Waals surface area contributed by atoms with Gasteiger partial charge in [0.1, 0.15) is 5.69 Å². The van der Waals surface area contributed by atoms with Crippen LogP contribution in [0.2, 0.25) is 0 Å². The third-order valence-electron chi connectivity index (χ3n) is 3.48. The van der Waals surface area contributed by atoms with E-state index in [1.807, 2.05) is 6.92 Å². The number of rotatable bonds is 5. The number of hydrogen-bond acceptors (Lipinski definition) is 4. The molecule has 0 aromatic carbocycles. The van der Waals surface area contributed by atoms with Crippen molar-refractivity contribution in [3.8, 4) is 0 Å². The van der Waals surface area contributed by atoms with E-state index in [4.69, 9.17) is 5.11 Å². The van der Waals surface area contributed by atoms with Crippen molar-refractivity contribution in [3.05, 3.63) is 29.6 Å². The molecule has 7 heteroatoms. The number of carbonyl (C=O) groups is 3. The molecule has 1 atom stereocenters. The maximum absolute atomic E-state index is 12.0. The van der Waals surface area contributed by atoms with Crippen molar-refractivity contribution in [2.45, 2.75) is 19.9 Å². The summed E-state index contributed by atoms with van der Waals surface area (Å²) < 4.78 is 0. The first kappa shape index (κ1) is 15.0. The van der Waals surface area contributed by atoms with Crippen LogP contribution in [-0.4, -0.2) is 45.9 Å². The fraction of sp³-hybridized carbons (Fsp3) is 0.429. The number of aromatic nitrogens is 1. The molecule has 1 aromatic heterocycles. The number of carboxylic acids is 1. The fourth-order valence-electron chi connectivity index (χ4n) is 2.24. The quantitative estimate of drug-likeness (QED) is 0.811. The lowest BCUT2D eigenvalue weighted by atomic mass is 10.1. The predicted molar refractivity (Wildman–Crippen MR) is 73.4 cm³/mol. The van der Waals surface area contributed by atoms with Gasteiger partial charge >= 0.3 is 5.97 Å². The third-order valence-corrected chi connectivity index (χ3v) is 3.48. The molecule has 0 spiro atoms. The molecule has 1 saturated heterocycles. The van der Waals surface area contributed by atoms with Crippen LogP contribution in [0.25, 0.3) is 0 Å². The highest BCUT2D eigenvalue weighted by molar-refractivity contribution is 5.89. The van der Waals surface area contributed by atoms with Crippen molar-refractivity contribution in [3.63, 3.8) is 0 Å². The van der Waals surface area contributed by atoms with Crippen LogP contribution < -0.4 is 5.32 Å². The largest absolute Gasteiger partial charge is 0.477 e. The summed E-state index contributed by atoms with van der Waals surface area (Å²) in [4.78, 5) is 39.7. The van der Waals surface area contributed by atoms with Crippen molar-refractivity contribution in [1.29, 1.82) is 0 Å². The Balaban J connectivity index is 1.87. The van der Waals surface area contributed by atoms with E-state index in [1.165, 1.54) is 12.3 Å². The Bertz CT molecular complexity index is 556. The van der Waals surface area contributed by atoms with Crippen LogP contribution in [0.3, 0.4) is 0 Å². The number of carboxylic acid groups (broad SMARTS) is 1. The van der Waals surface area contributed by atoms with Gasteiger partial charge in [0.05, 0.1) is 5.92 Å². The smallest absolute Gasteiger partial charge is 0.354 e. The molecule has 2 heterocycles. The molecule has 0 bridgehead atoms. The fourth-order valence-corrected chi connectivity index (χ4v) is 2.24. The summed E-state index contributed by atoms with van der Waals surface area (Å²) in [6.07, 6.45) is 1.66. The summed E-state index contributed by atoms with van der Waals surface area (Å²) >= 11 is 0. The predicted octanol–water partition coefficient (Wildman–Crippen LogP) is 0.264. The number of nitrogens with zero attached hydrogens (tertiary/aromatic N) is 2. The highest BCUT2D eigenvalue weighted by Gasteiger charge is 2.33. The van der Waals surface area contributed by atoms with Gasteiger partial charge in [-0.25, -0.2) is 9.78 Å². The molecule has 1 unspecified atom stereocenters. The van der Waals surface area contributed by atoms with Crippen molar-refractivity contribution < 1.29 is 19.5 Å². The molecule has 0 aliphatic carbocycles. The van der Waals surface area contributed by atoms with Gasteiger partial charge in [-0.3, -0.25) is 9.59 Å². The molecule has 1 aliphatic heterocycles. The Hall–Kier alpha value is -2.44. The molecule has 21 heavy (non-hydrogen) atoms. The Morgan fingerprint density at radius 3 is 2.76 bits per heavy atom. The summed E-state index contributed by atoms with van der Waals surface area (Å²) in [5.74, 6) is -1.56. The van der Waals surface area contributed by atoms with E-state index < -0.39 is 5.97 Å². The van der Waals surface area contributed by atoms with E-state index in [1.54, 1.807) is 11.0 Å². The monoisotopic (exact) mass is 291 g/mol. The first-order valence-electron chi connectivity index (χ1n) is 6.75. The maximum atomic E-state index is 12.0. The van der Waals surface area contributed by atoms with Gasteiger partial charge in [0.25, 0.3) is 0 Å². The van der Waals surface area contributed by atoms with Crippen LogP contribution in [0.15, 0.2) is 18.3 Å². The van der Waals surface area contributed by atoms with E-state index in [-0.39, 0.29) is 36.4 Å². The number of carbonyl (C=O) groups excluding carboxylic acids is 2. The molecule has 1 aromatic rings. The molecule has 2 N–H and O–H groups in total. The molecule has 1 aliphatic rings. The van der Waals surface area contributed by atoms with Crippen LogP contribution in [-0.2, 0) is 16.1 Å². The average molecular weight is 291 g/mol. The van der Waals surface area contributed by atoms with E-state index >= 15 is 0 Å².